The number of halogens is 1. The molecule has 0 spiro atoms. The molecule has 0 radical (unpaired) electrons. The summed E-state index contributed by atoms with van der Waals surface area (Å²) in [5.74, 6) is -0.620. The Morgan fingerprint density at radius 1 is 0.931 bits per heavy atom. The average Bonchev–Trinajstić information content (AvgIpc) is 3.06. The Bertz CT molecular complexity index is 1140. The highest BCUT2D eigenvalue weighted by Gasteiger charge is 2.34. The van der Waals surface area contributed by atoms with Crippen molar-refractivity contribution in [3.8, 4) is 0 Å². The molecule has 29 heavy (non-hydrogen) atoms. The maximum Gasteiger partial charge on any atom is 0.261 e. The third-order valence-corrected chi connectivity index (χ3v) is 5.37. The molecule has 0 atom stereocenters. The Balaban J connectivity index is 1.93. The molecule has 2 aromatic carbocycles. The number of benzene rings is 2. The van der Waals surface area contributed by atoms with Crippen LogP contribution < -0.4 is 0 Å². The van der Waals surface area contributed by atoms with E-state index in [-0.39, 0.29) is 11.8 Å². The van der Waals surface area contributed by atoms with E-state index in [1.165, 1.54) is 4.90 Å². The smallest absolute Gasteiger partial charge is 0.261 e. The number of likely N-dealkylation sites (N-methyl/N-ethyl adjacent to an activating group) is 2. The van der Waals surface area contributed by atoms with Gasteiger partial charge in [-0.1, -0.05) is 16.8 Å². The molecule has 0 N–H and O–H groups in total. The SMILES string of the molecule is CN(C)CCN1C(=O)c2cc(Cl)cc3c2c(cc2nnn(CCN(C)C)c23)C1=O. The zero-order valence-corrected chi connectivity index (χ0v) is 17.7. The van der Waals surface area contributed by atoms with Gasteiger partial charge in [0.15, 0.2) is 0 Å². The molecule has 1 aliphatic rings. The highest BCUT2D eigenvalue weighted by molar-refractivity contribution is 6.35. The fourth-order valence-electron chi connectivity index (χ4n) is 3.67. The molecule has 3 aromatic rings. The van der Waals surface area contributed by atoms with Gasteiger partial charge < -0.3 is 9.80 Å². The molecule has 8 nitrogen and oxygen atoms in total. The second-order valence-corrected chi connectivity index (χ2v) is 8.29. The van der Waals surface area contributed by atoms with E-state index in [4.69, 9.17) is 11.6 Å². The van der Waals surface area contributed by atoms with Crippen molar-refractivity contribution < 1.29 is 9.59 Å². The van der Waals surface area contributed by atoms with Crippen LogP contribution in [0.1, 0.15) is 20.7 Å². The molecule has 2 amide bonds. The molecule has 2 heterocycles. The van der Waals surface area contributed by atoms with Gasteiger partial charge >= 0.3 is 0 Å². The van der Waals surface area contributed by atoms with Gasteiger partial charge in [0, 0.05) is 35.4 Å². The molecular weight excluding hydrogens is 392 g/mol. The minimum absolute atomic E-state index is 0.304. The summed E-state index contributed by atoms with van der Waals surface area (Å²) in [6.45, 7) is 2.31. The highest BCUT2D eigenvalue weighted by atomic mass is 35.5. The Hall–Kier alpha value is -2.55. The number of hydrogen-bond donors (Lipinski definition) is 0. The zero-order valence-electron chi connectivity index (χ0n) is 16.9. The van der Waals surface area contributed by atoms with Gasteiger partial charge in [0.1, 0.15) is 5.52 Å². The largest absolute Gasteiger partial charge is 0.308 e. The van der Waals surface area contributed by atoms with E-state index in [0.717, 1.165) is 17.4 Å². The van der Waals surface area contributed by atoms with Crippen LogP contribution >= 0.6 is 11.6 Å². The molecule has 152 valence electrons. The van der Waals surface area contributed by atoms with Crippen LogP contribution in [0.15, 0.2) is 18.2 Å². The summed E-state index contributed by atoms with van der Waals surface area (Å²) in [6, 6.07) is 5.17. The summed E-state index contributed by atoms with van der Waals surface area (Å²) < 4.78 is 1.81. The summed E-state index contributed by atoms with van der Waals surface area (Å²) in [4.78, 5) is 31.6. The van der Waals surface area contributed by atoms with Crippen LogP contribution in [0.4, 0.5) is 0 Å². The number of aromatic nitrogens is 3. The van der Waals surface area contributed by atoms with Gasteiger partial charge in [-0.3, -0.25) is 14.5 Å². The first-order chi connectivity index (χ1) is 13.8. The second-order valence-electron chi connectivity index (χ2n) is 7.85. The van der Waals surface area contributed by atoms with E-state index in [1.807, 2.05) is 37.8 Å². The molecular formula is C20H23ClN6O2. The van der Waals surface area contributed by atoms with E-state index in [1.54, 1.807) is 18.2 Å². The predicted molar refractivity (Wildman–Crippen MR) is 113 cm³/mol. The Labute approximate surface area is 173 Å². The van der Waals surface area contributed by atoms with Crippen LogP contribution in [0.5, 0.6) is 0 Å². The summed E-state index contributed by atoms with van der Waals surface area (Å²) in [7, 11) is 7.78. The van der Waals surface area contributed by atoms with Gasteiger partial charge in [-0.15, -0.1) is 5.10 Å². The lowest BCUT2D eigenvalue weighted by Crippen LogP contribution is -2.43. The molecule has 9 heteroatoms. The van der Waals surface area contributed by atoms with Gasteiger partial charge in [0.2, 0.25) is 0 Å². The van der Waals surface area contributed by atoms with Crippen molar-refractivity contribution in [1.82, 2.24) is 29.7 Å². The Morgan fingerprint density at radius 3 is 2.21 bits per heavy atom. The number of rotatable bonds is 6. The summed E-state index contributed by atoms with van der Waals surface area (Å²) in [5.41, 5.74) is 2.33. The fraction of sp³-hybridized carbons (Fsp3) is 0.400. The third-order valence-electron chi connectivity index (χ3n) is 5.15. The van der Waals surface area contributed by atoms with Crippen LogP contribution in [-0.4, -0.2) is 89.3 Å². The molecule has 0 saturated carbocycles. The quantitative estimate of drug-likeness (QED) is 0.574. The summed E-state index contributed by atoms with van der Waals surface area (Å²) in [6.07, 6.45) is 0. The van der Waals surface area contributed by atoms with E-state index in [2.05, 4.69) is 15.2 Å². The average molecular weight is 415 g/mol. The molecule has 0 bridgehead atoms. The maximum absolute atomic E-state index is 13.2. The van der Waals surface area contributed by atoms with Gasteiger partial charge in [-0.25, -0.2) is 4.68 Å². The molecule has 1 aliphatic heterocycles. The van der Waals surface area contributed by atoms with Crippen LogP contribution in [-0.2, 0) is 6.54 Å². The second kappa shape index (κ2) is 7.37. The molecule has 0 fully saturated rings. The third kappa shape index (κ3) is 3.37. The van der Waals surface area contributed by atoms with Crippen molar-refractivity contribution in [2.75, 3.05) is 47.8 Å². The van der Waals surface area contributed by atoms with Crippen molar-refractivity contribution >= 4 is 45.2 Å². The minimum Gasteiger partial charge on any atom is -0.308 e. The monoisotopic (exact) mass is 414 g/mol. The van der Waals surface area contributed by atoms with Crippen molar-refractivity contribution in [2.24, 2.45) is 0 Å². The molecule has 0 aliphatic carbocycles. The normalized spacial score (nSPS) is 14.2. The number of hydrogen-bond acceptors (Lipinski definition) is 6. The lowest BCUT2D eigenvalue weighted by atomic mass is 9.93. The maximum atomic E-state index is 13.2. The molecule has 0 saturated heterocycles. The van der Waals surface area contributed by atoms with E-state index >= 15 is 0 Å². The van der Waals surface area contributed by atoms with Crippen LogP contribution in [0.25, 0.3) is 21.8 Å². The number of fused-ring (bicyclic) bond motifs is 2. The van der Waals surface area contributed by atoms with Crippen molar-refractivity contribution in [1.29, 1.82) is 0 Å². The molecule has 0 unspecified atom stereocenters. The van der Waals surface area contributed by atoms with E-state index in [9.17, 15) is 9.59 Å². The first-order valence-corrected chi connectivity index (χ1v) is 9.81. The lowest BCUT2D eigenvalue weighted by molar-refractivity contribution is 0.0601. The first kappa shape index (κ1) is 19.8. The van der Waals surface area contributed by atoms with E-state index < -0.39 is 0 Å². The predicted octanol–water partition coefficient (Wildman–Crippen LogP) is 1.96. The van der Waals surface area contributed by atoms with Crippen LogP contribution in [0.2, 0.25) is 5.02 Å². The zero-order chi connectivity index (χ0) is 20.9. The summed E-state index contributed by atoms with van der Waals surface area (Å²) >= 11 is 6.38. The number of nitrogens with zero attached hydrogens (tertiary/aromatic N) is 6. The Morgan fingerprint density at radius 2 is 1.55 bits per heavy atom. The highest BCUT2D eigenvalue weighted by Crippen LogP contribution is 2.37. The first-order valence-electron chi connectivity index (χ1n) is 9.43. The van der Waals surface area contributed by atoms with Gasteiger partial charge in [-0.05, 0) is 46.4 Å². The number of carbonyl (C=O) groups excluding carboxylic acids is 2. The van der Waals surface area contributed by atoms with Crippen molar-refractivity contribution in [3.05, 3.63) is 34.3 Å². The molecule has 4 rings (SSSR count). The number of amides is 2. The standard InChI is InChI=1S/C20H23ClN6O2/c1-24(2)5-7-26-19(28)14-10-12(21)9-13-17(14)15(20(26)29)11-16-18(13)27(23-22-16)8-6-25(3)4/h9-11H,5-8H2,1-4H3. The van der Waals surface area contributed by atoms with Gasteiger partial charge in [-0.2, -0.15) is 0 Å². The van der Waals surface area contributed by atoms with Gasteiger partial charge in [0.05, 0.1) is 23.2 Å². The van der Waals surface area contributed by atoms with Gasteiger partial charge in [0.25, 0.3) is 11.8 Å². The minimum atomic E-state index is -0.316. The van der Waals surface area contributed by atoms with Crippen molar-refractivity contribution in [2.45, 2.75) is 6.54 Å². The van der Waals surface area contributed by atoms with Crippen molar-refractivity contribution in [3.63, 3.8) is 0 Å². The summed E-state index contributed by atoms with van der Waals surface area (Å²) in [5, 5.41) is 10.4. The van der Waals surface area contributed by atoms with E-state index in [0.29, 0.717) is 46.7 Å². The van der Waals surface area contributed by atoms with Crippen LogP contribution in [0.3, 0.4) is 0 Å². The molecule has 1 aromatic heterocycles. The topological polar surface area (TPSA) is 74.6 Å². The number of carbonyl (C=O) groups is 2. The Kier molecular flexibility index (Phi) is 5.02. The fourth-order valence-corrected chi connectivity index (χ4v) is 3.89. The van der Waals surface area contributed by atoms with Crippen LogP contribution in [0, 0.1) is 0 Å². The number of imide groups is 1. The lowest BCUT2D eigenvalue weighted by Gasteiger charge is -2.28.